The molecule has 1 heterocycles. The number of hydrogen-bond acceptors (Lipinski definition) is 2. The number of nitrogens with zero attached hydrogens (tertiary/aromatic N) is 1. The van der Waals surface area contributed by atoms with Gasteiger partial charge in [-0.05, 0) is 130 Å². The van der Waals surface area contributed by atoms with E-state index in [1.165, 1.54) is 84.9 Å². The highest BCUT2D eigenvalue weighted by atomic mass is 32.1. The zero-order valence-electron chi connectivity index (χ0n) is 28.4. The van der Waals surface area contributed by atoms with Gasteiger partial charge in [0.15, 0.2) is 0 Å². The smallest absolute Gasteiger partial charge is 0.0468 e. The molecule has 0 saturated heterocycles. The number of benzene rings is 7. The first-order chi connectivity index (χ1) is 25.2. The maximum Gasteiger partial charge on any atom is 0.0468 e. The van der Waals surface area contributed by atoms with Gasteiger partial charge in [0.25, 0.3) is 0 Å². The highest BCUT2D eigenvalue weighted by Gasteiger charge is 2.56. The first kappa shape index (κ1) is 29.3. The molecule has 2 fully saturated rings. The summed E-state index contributed by atoms with van der Waals surface area (Å²) >= 11 is 1.87. The van der Waals surface area contributed by atoms with Crippen molar-refractivity contribution < 1.29 is 0 Å². The van der Waals surface area contributed by atoms with E-state index in [1.807, 2.05) is 11.3 Å². The third-order valence-electron chi connectivity index (χ3n) is 12.4. The van der Waals surface area contributed by atoms with Crippen molar-refractivity contribution in [1.29, 1.82) is 0 Å². The summed E-state index contributed by atoms with van der Waals surface area (Å²) in [6.45, 7) is 0. The summed E-state index contributed by atoms with van der Waals surface area (Å²) in [7, 11) is 0. The Morgan fingerprint density at radius 3 is 1.86 bits per heavy atom. The average molecular weight is 672 g/mol. The van der Waals surface area contributed by atoms with Gasteiger partial charge in [-0.1, -0.05) is 116 Å². The molecule has 3 aliphatic carbocycles. The van der Waals surface area contributed by atoms with Gasteiger partial charge in [-0.25, -0.2) is 0 Å². The lowest BCUT2D eigenvalue weighted by molar-refractivity contribution is 0.327. The zero-order chi connectivity index (χ0) is 33.5. The summed E-state index contributed by atoms with van der Waals surface area (Å²) < 4.78 is 2.65. The van der Waals surface area contributed by atoms with Crippen LogP contribution < -0.4 is 4.90 Å². The number of thiophene rings is 1. The second-order valence-corrected chi connectivity index (χ2v) is 16.0. The maximum absolute atomic E-state index is 2.56. The number of fused-ring (bicyclic) bond motifs is 11. The van der Waals surface area contributed by atoms with E-state index in [0.717, 1.165) is 23.2 Å². The molecule has 0 N–H and O–H groups in total. The first-order valence-electron chi connectivity index (χ1n) is 18.4. The monoisotopic (exact) mass is 671 g/mol. The lowest BCUT2D eigenvalue weighted by Crippen LogP contribution is -2.31. The van der Waals surface area contributed by atoms with Gasteiger partial charge < -0.3 is 4.90 Å². The molecule has 7 aromatic carbocycles. The summed E-state index contributed by atoms with van der Waals surface area (Å²) in [5.74, 6) is 1.64. The SMILES string of the molecule is c1ccc(-c2ccc(N(c3ccc(-c4ccc5c(c4)C4(CC6CCC4C6)c4ccccc4-5)cc3)c3ccc4sc5ccccc5c4c3)cc2)cc1. The molecule has 11 rings (SSSR count). The second-order valence-electron chi connectivity index (χ2n) is 14.9. The Balaban J connectivity index is 1.00. The Bertz CT molecular complexity index is 2600. The van der Waals surface area contributed by atoms with Crippen LogP contribution in [-0.4, -0.2) is 0 Å². The predicted molar refractivity (Wildman–Crippen MR) is 217 cm³/mol. The fourth-order valence-corrected chi connectivity index (χ4v) is 11.2. The van der Waals surface area contributed by atoms with Crippen molar-refractivity contribution in [3.8, 4) is 33.4 Å². The minimum absolute atomic E-state index is 0.192. The molecule has 0 radical (unpaired) electrons. The van der Waals surface area contributed by atoms with Crippen molar-refractivity contribution in [3.63, 3.8) is 0 Å². The van der Waals surface area contributed by atoms with E-state index in [-0.39, 0.29) is 5.41 Å². The second kappa shape index (κ2) is 11.3. The van der Waals surface area contributed by atoms with Crippen LogP contribution in [0.2, 0.25) is 0 Å². The van der Waals surface area contributed by atoms with Crippen LogP contribution in [0.5, 0.6) is 0 Å². The van der Waals surface area contributed by atoms with E-state index in [9.17, 15) is 0 Å². The molecule has 2 bridgehead atoms. The average Bonchev–Trinajstić information content (AvgIpc) is 3.97. The van der Waals surface area contributed by atoms with Crippen molar-refractivity contribution in [2.75, 3.05) is 4.90 Å². The Morgan fingerprint density at radius 2 is 1.10 bits per heavy atom. The van der Waals surface area contributed by atoms with Gasteiger partial charge in [-0.15, -0.1) is 11.3 Å². The molecule has 1 aromatic heterocycles. The fraction of sp³-hybridized carbons (Fsp3) is 0.143. The molecule has 1 nitrogen and oxygen atoms in total. The number of hydrogen-bond donors (Lipinski definition) is 0. The largest absolute Gasteiger partial charge is 0.310 e. The van der Waals surface area contributed by atoms with Gasteiger partial charge in [0, 0.05) is 42.6 Å². The number of rotatable bonds is 5. The molecule has 2 saturated carbocycles. The summed E-state index contributed by atoms with van der Waals surface area (Å²) in [6, 6.07) is 61.3. The zero-order valence-corrected chi connectivity index (χ0v) is 29.2. The van der Waals surface area contributed by atoms with E-state index < -0.39 is 0 Å². The Kier molecular flexibility index (Phi) is 6.48. The summed E-state index contributed by atoms with van der Waals surface area (Å²) in [4.78, 5) is 2.41. The maximum atomic E-state index is 2.56. The van der Waals surface area contributed by atoms with Gasteiger partial charge in [-0.3, -0.25) is 0 Å². The lowest BCUT2D eigenvalue weighted by Gasteiger charge is -2.36. The Labute approximate surface area is 303 Å². The van der Waals surface area contributed by atoms with E-state index in [1.54, 1.807) is 11.1 Å². The van der Waals surface area contributed by atoms with Crippen molar-refractivity contribution in [2.45, 2.75) is 31.1 Å². The van der Waals surface area contributed by atoms with Crippen LogP contribution >= 0.6 is 11.3 Å². The minimum Gasteiger partial charge on any atom is -0.310 e. The van der Waals surface area contributed by atoms with Crippen LogP contribution in [0.4, 0.5) is 17.1 Å². The molecule has 0 aliphatic heterocycles. The van der Waals surface area contributed by atoms with Crippen LogP contribution in [0.15, 0.2) is 164 Å². The molecule has 3 aliphatic rings. The van der Waals surface area contributed by atoms with E-state index in [2.05, 4.69) is 169 Å². The van der Waals surface area contributed by atoms with E-state index in [4.69, 9.17) is 0 Å². The summed E-state index contributed by atoms with van der Waals surface area (Å²) in [6.07, 6.45) is 5.48. The molecular formula is C49H37NS. The standard InChI is InChI=1S/C49H37NS/c1-2-8-33(9-3-1)34-15-21-38(22-16-34)50(40-25-27-48-44(30-40)43-11-5-7-13-47(43)51-48)39-23-17-35(18-24-39)36-19-26-42-41-10-4-6-12-45(41)49(46(42)29-36)31-32-14-20-37(49)28-32/h1-13,15-19,21-27,29-30,32,37H,14,20,28,31H2. The normalized spacial score (nSPS) is 19.9. The molecule has 2 heteroatoms. The topological polar surface area (TPSA) is 3.24 Å². The Morgan fingerprint density at radius 1 is 0.471 bits per heavy atom. The van der Waals surface area contributed by atoms with Crippen LogP contribution in [0, 0.1) is 11.8 Å². The van der Waals surface area contributed by atoms with Crippen molar-refractivity contribution in [2.24, 2.45) is 11.8 Å². The van der Waals surface area contributed by atoms with Gasteiger partial charge in [0.2, 0.25) is 0 Å². The molecule has 51 heavy (non-hydrogen) atoms. The van der Waals surface area contributed by atoms with Gasteiger partial charge in [0.1, 0.15) is 0 Å². The van der Waals surface area contributed by atoms with Gasteiger partial charge >= 0.3 is 0 Å². The van der Waals surface area contributed by atoms with Gasteiger partial charge in [-0.2, -0.15) is 0 Å². The van der Waals surface area contributed by atoms with Crippen LogP contribution in [-0.2, 0) is 5.41 Å². The molecule has 8 aromatic rings. The Hall–Kier alpha value is -5.44. The minimum atomic E-state index is 0.192. The molecule has 3 unspecified atom stereocenters. The number of anilines is 3. The highest BCUT2D eigenvalue weighted by molar-refractivity contribution is 7.25. The summed E-state index contributed by atoms with van der Waals surface area (Å²) in [5.41, 5.74) is 14.8. The lowest BCUT2D eigenvalue weighted by atomic mass is 9.66. The quantitative estimate of drug-likeness (QED) is 0.176. The summed E-state index contributed by atoms with van der Waals surface area (Å²) in [5, 5.41) is 2.63. The highest BCUT2D eigenvalue weighted by Crippen LogP contribution is 2.65. The molecule has 244 valence electrons. The molecular weight excluding hydrogens is 635 g/mol. The molecule has 0 amide bonds. The fourth-order valence-electron chi connectivity index (χ4n) is 10.1. The van der Waals surface area contributed by atoms with Crippen LogP contribution in [0.25, 0.3) is 53.6 Å². The van der Waals surface area contributed by atoms with Crippen molar-refractivity contribution in [1.82, 2.24) is 0 Å². The third kappa shape index (κ3) is 4.46. The van der Waals surface area contributed by atoms with Crippen molar-refractivity contribution >= 4 is 48.6 Å². The first-order valence-corrected chi connectivity index (χ1v) is 19.3. The van der Waals surface area contributed by atoms with Crippen molar-refractivity contribution in [3.05, 3.63) is 175 Å². The van der Waals surface area contributed by atoms with E-state index >= 15 is 0 Å². The predicted octanol–water partition coefficient (Wildman–Crippen LogP) is 13.9. The molecule has 1 spiro atoms. The molecule has 3 atom stereocenters. The van der Waals surface area contributed by atoms with E-state index in [0.29, 0.717) is 0 Å². The van der Waals surface area contributed by atoms with Crippen LogP contribution in [0.1, 0.15) is 36.8 Å². The third-order valence-corrected chi connectivity index (χ3v) is 13.5. The van der Waals surface area contributed by atoms with Crippen LogP contribution in [0.3, 0.4) is 0 Å². The van der Waals surface area contributed by atoms with Gasteiger partial charge in [0.05, 0.1) is 0 Å².